The number of aryl methyl sites for hydroxylation is 2. The zero-order valence-corrected chi connectivity index (χ0v) is 19.2. The molecular formula is C24H30BrN3O2. The van der Waals surface area contributed by atoms with Crippen LogP contribution in [0.1, 0.15) is 37.3 Å². The van der Waals surface area contributed by atoms with Gasteiger partial charge in [0.05, 0.1) is 11.7 Å². The Hall–Kier alpha value is -2.18. The number of amides is 2. The third-order valence-electron chi connectivity index (χ3n) is 5.69. The Bertz CT molecular complexity index is 864. The zero-order chi connectivity index (χ0) is 21.5. The van der Waals surface area contributed by atoms with Gasteiger partial charge in [-0.2, -0.15) is 0 Å². The van der Waals surface area contributed by atoms with Gasteiger partial charge in [0.25, 0.3) is 0 Å². The Morgan fingerprint density at radius 3 is 2.50 bits per heavy atom. The molecule has 0 aliphatic carbocycles. The van der Waals surface area contributed by atoms with Crippen molar-refractivity contribution < 1.29 is 9.59 Å². The van der Waals surface area contributed by atoms with Crippen molar-refractivity contribution in [3.63, 3.8) is 0 Å². The second-order valence-electron chi connectivity index (χ2n) is 8.01. The first kappa shape index (κ1) is 22.5. The van der Waals surface area contributed by atoms with Crippen molar-refractivity contribution in [2.24, 2.45) is 0 Å². The summed E-state index contributed by atoms with van der Waals surface area (Å²) >= 11 is 3.51. The maximum atomic E-state index is 12.7. The van der Waals surface area contributed by atoms with Gasteiger partial charge in [-0.15, -0.1) is 0 Å². The molecule has 0 bridgehead atoms. The molecule has 2 N–H and O–H groups in total. The molecule has 3 rings (SSSR count). The molecule has 1 saturated heterocycles. The fourth-order valence-electron chi connectivity index (χ4n) is 3.76. The number of likely N-dealkylation sites (tertiary alicyclic amines) is 1. The molecule has 1 atom stereocenters. The number of piperidine rings is 1. The molecule has 2 aromatic carbocycles. The Kier molecular flexibility index (Phi) is 8.05. The minimum absolute atomic E-state index is 0.00935. The molecule has 0 radical (unpaired) electrons. The maximum Gasteiger partial charge on any atom is 0.241 e. The fourth-order valence-corrected chi connectivity index (χ4v) is 4.35. The summed E-state index contributed by atoms with van der Waals surface area (Å²) in [5.74, 6) is 0.0946. The molecule has 0 saturated carbocycles. The largest absolute Gasteiger partial charge is 0.353 e. The molecule has 2 aromatic rings. The summed E-state index contributed by atoms with van der Waals surface area (Å²) in [6.45, 7) is 5.56. The average Bonchev–Trinajstić information content (AvgIpc) is 2.75. The number of rotatable bonds is 7. The number of carbonyl (C=O) groups excluding carboxylic acids is 2. The minimum atomic E-state index is -0.215. The van der Waals surface area contributed by atoms with Crippen LogP contribution in [-0.2, 0) is 16.0 Å². The highest BCUT2D eigenvalue weighted by Gasteiger charge is 2.27. The van der Waals surface area contributed by atoms with E-state index in [1.807, 2.05) is 62.4 Å². The highest BCUT2D eigenvalue weighted by Crippen LogP contribution is 2.24. The van der Waals surface area contributed by atoms with Crippen LogP contribution < -0.4 is 10.6 Å². The monoisotopic (exact) mass is 471 g/mol. The molecule has 1 unspecified atom stereocenters. The summed E-state index contributed by atoms with van der Waals surface area (Å²) in [6, 6.07) is 15.9. The predicted octanol–water partition coefficient (Wildman–Crippen LogP) is 4.30. The van der Waals surface area contributed by atoms with Crippen LogP contribution in [0.5, 0.6) is 0 Å². The van der Waals surface area contributed by atoms with Gasteiger partial charge in [-0.25, -0.2) is 0 Å². The number of carbonyl (C=O) groups is 2. The van der Waals surface area contributed by atoms with Gasteiger partial charge < -0.3 is 10.6 Å². The lowest BCUT2D eigenvalue weighted by atomic mass is 10.0. The number of benzene rings is 2. The van der Waals surface area contributed by atoms with Crippen molar-refractivity contribution in [3.05, 3.63) is 64.1 Å². The Morgan fingerprint density at radius 2 is 1.83 bits per heavy atom. The molecule has 1 heterocycles. The van der Waals surface area contributed by atoms with E-state index < -0.39 is 0 Å². The summed E-state index contributed by atoms with van der Waals surface area (Å²) < 4.78 is 0.889. The van der Waals surface area contributed by atoms with Gasteiger partial charge in [0.2, 0.25) is 11.8 Å². The molecule has 30 heavy (non-hydrogen) atoms. The number of anilines is 1. The van der Waals surface area contributed by atoms with Gasteiger partial charge in [0.1, 0.15) is 0 Å². The molecule has 6 heteroatoms. The van der Waals surface area contributed by atoms with E-state index in [1.165, 1.54) is 5.56 Å². The Labute approximate surface area is 187 Å². The van der Waals surface area contributed by atoms with E-state index in [1.54, 1.807) is 0 Å². The van der Waals surface area contributed by atoms with Crippen molar-refractivity contribution in [2.45, 2.75) is 51.6 Å². The standard InChI is InChI=1S/C24H30BrN3O2/c1-17-8-10-22(21(25)16-17)27-24(30)18(2)28-14-12-20(13-15-28)26-23(29)11-9-19-6-4-3-5-7-19/h3-8,10,16,18,20H,9,11-15H2,1-2H3,(H,26,29)(H,27,30). The molecule has 1 aliphatic rings. The number of halogens is 1. The van der Waals surface area contributed by atoms with E-state index in [-0.39, 0.29) is 23.9 Å². The lowest BCUT2D eigenvalue weighted by molar-refractivity contribution is -0.123. The predicted molar refractivity (Wildman–Crippen MR) is 124 cm³/mol. The second kappa shape index (κ2) is 10.7. The molecule has 160 valence electrons. The molecule has 2 amide bonds. The van der Waals surface area contributed by atoms with E-state index in [2.05, 4.69) is 31.5 Å². The van der Waals surface area contributed by atoms with Gasteiger partial charge in [-0.1, -0.05) is 36.4 Å². The van der Waals surface area contributed by atoms with Crippen molar-refractivity contribution in [2.75, 3.05) is 18.4 Å². The van der Waals surface area contributed by atoms with Crippen molar-refractivity contribution in [1.82, 2.24) is 10.2 Å². The lowest BCUT2D eigenvalue weighted by Gasteiger charge is -2.35. The van der Waals surface area contributed by atoms with E-state index in [4.69, 9.17) is 0 Å². The van der Waals surface area contributed by atoms with E-state index in [0.717, 1.165) is 48.1 Å². The van der Waals surface area contributed by atoms with Gasteiger partial charge >= 0.3 is 0 Å². The van der Waals surface area contributed by atoms with Crippen LogP contribution in [0, 0.1) is 6.92 Å². The lowest BCUT2D eigenvalue weighted by Crippen LogP contribution is -2.50. The summed E-state index contributed by atoms with van der Waals surface area (Å²) in [7, 11) is 0. The fraction of sp³-hybridized carbons (Fsp3) is 0.417. The molecule has 0 aromatic heterocycles. The van der Waals surface area contributed by atoms with Crippen LogP contribution in [-0.4, -0.2) is 41.9 Å². The Morgan fingerprint density at radius 1 is 1.13 bits per heavy atom. The first-order chi connectivity index (χ1) is 14.4. The van der Waals surface area contributed by atoms with E-state index >= 15 is 0 Å². The molecule has 1 fully saturated rings. The van der Waals surface area contributed by atoms with Crippen molar-refractivity contribution >= 4 is 33.4 Å². The number of nitrogens with zero attached hydrogens (tertiary/aromatic N) is 1. The van der Waals surface area contributed by atoms with E-state index in [0.29, 0.717) is 6.42 Å². The van der Waals surface area contributed by atoms with Gasteiger partial charge in [0.15, 0.2) is 0 Å². The average molecular weight is 472 g/mol. The summed E-state index contributed by atoms with van der Waals surface area (Å²) in [6.07, 6.45) is 3.00. The highest BCUT2D eigenvalue weighted by atomic mass is 79.9. The third-order valence-corrected chi connectivity index (χ3v) is 6.34. The second-order valence-corrected chi connectivity index (χ2v) is 8.87. The SMILES string of the molecule is Cc1ccc(NC(=O)C(C)N2CCC(NC(=O)CCc3ccccc3)CC2)c(Br)c1. The summed E-state index contributed by atoms with van der Waals surface area (Å²) in [5, 5.41) is 6.17. The van der Waals surface area contributed by atoms with Crippen LogP contribution >= 0.6 is 15.9 Å². The van der Waals surface area contributed by atoms with Crippen molar-refractivity contribution in [3.8, 4) is 0 Å². The van der Waals surface area contributed by atoms with Crippen molar-refractivity contribution in [1.29, 1.82) is 0 Å². The van der Waals surface area contributed by atoms with Gasteiger partial charge in [-0.3, -0.25) is 14.5 Å². The van der Waals surface area contributed by atoms with Crippen LogP contribution in [0.2, 0.25) is 0 Å². The molecule has 0 spiro atoms. The van der Waals surface area contributed by atoms with Crippen LogP contribution in [0.3, 0.4) is 0 Å². The zero-order valence-electron chi connectivity index (χ0n) is 17.7. The molecule has 1 aliphatic heterocycles. The van der Waals surface area contributed by atoms with Crippen LogP contribution in [0.4, 0.5) is 5.69 Å². The highest BCUT2D eigenvalue weighted by molar-refractivity contribution is 9.10. The molecular weight excluding hydrogens is 442 g/mol. The van der Waals surface area contributed by atoms with Gasteiger partial charge in [0, 0.05) is 30.0 Å². The third kappa shape index (κ3) is 6.41. The van der Waals surface area contributed by atoms with E-state index in [9.17, 15) is 9.59 Å². The Balaban J connectivity index is 1.41. The molecule has 5 nitrogen and oxygen atoms in total. The normalized spacial score (nSPS) is 16.1. The summed E-state index contributed by atoms with van der Waals surface area (Å²) in [5.41, 5.74) is 3.11. The quantitative estimate of drug-likeness (QED) is 0.632. The number of hydrogen-bond acceptors (Lipinski definition) is 3. The smallest absolute Gasteiger partial charge is 0.241 e. The first-order valence-corrected chi connectivity index (χ1v) is 11.4. The van der Waals surface area contributed by atoms with Gasteiger partial charge in [-0.05, 0) is 72.3 Å². The number of nitrogens with one attached hydrogen (secondary N) is 2. The van der Waals surface area contributed by atoms with Crippen LogP contribution in [0.25, 0.3) is 0 Å². The minimum Gasteiger partial charge on any atom is -0.353 e. The maximum absolute atomic E-state index is 12.7. The number of hydrogen-bond donors (Lipinski definition) is 2. The summed E-state index contributed by atoms with van der Waals surface area (Å²) in [4.78, 5) is 27.1. The first-order valence-electron chi connectivity index (χ1n) is 10.6. The van der Waals surface area contributed by atoms with Crippen LogP contribution in [0.15, 0.2) is 53.0 Å². The topological polar surface area (TPSA) is 61.4 Å².